The number of carbonyl (C=O) groups is 1. The molecule has 0 radical (unpaired) electrons. The van der Waals surface area contributed by atoms with Crippen molar-refractivity contribution < 1.29 is 13.6 Å². The molecule has 6 heteroatoms. The molecular weight excluding hydrogens is 291 g/mol. The predicted molar refractivity (Wildman–Crippen MR) is 80.8 cm³/mol. The van der Waals surface area contributed by atoms with E-state index in [-0.39, 0.29) is 17.6 Å². The van der Waals surface area contributed by atoms with Gasteiger partial charge >= 0.3 is 0 Å². The molecular formula is C15H13FN2O2S. The van der Waals surface area contributed by atoms with Gasteiger partial charge in [-0.1, -0.05) is 6.07 Å². The molecule has 3 rings (SSSR count). The highest BCUT2D eigenvalue weighted by Gasteiger charge is 2.20. The quantitative estimate of drug-likeness (QED) is 0.775. The summed E-state index contributed by atoms with van der Waals surface area (Å²) in [5, 5.41) is 3.10. The van der Waals surface area contributed by atoms with Crippen molar-refractivity contribution in [1.29, 1.82) is 0 Å². The van der Waals surface area contributed by atoms with Gasteiger partial charge in [0.15, 0.2) is 0 Å². The first-order valence-electron chi connectivity index (χ1n) is 6.38. The van der Waals surface area contributed by atoms with E-state index in [9.17, 15) is 9.18 Å². The summed E-state index contributed by atoms with van der Waals surface area (Å²) < 4.78 is 19.7. The van der Waals surface area contributed by atoms with Crippen LogP contribution in [0.2, 0.25) is 0 Å². The molecule has 3 aromatic rings. The first-order chi connectivity index (χ1) is 10.1. The molecule has 21 heavy (non-hydrogen) atoms. The lowest BCUT2D eigenvalue weighted by Crippen LogP contribution is -2.26. The molecule has 0 saturated heterocycles. The van der Waals surface area contributed by atoms with E-state index in [4.69, 9.17) is 10.2 Å². The number of furan rings is 1. The highest BCUT2D eigenvalue weighted by molar-refractivity contribution is 7.21. The van der Waals surface area contributed by atoms with Crippen LogP contribution in [0.4, 0.5) is 10.1 Å². The lowest BCUT2D eigenvalue weighted by molar-refractivity contribution is 0.0940. The molecule has 0 aliphatic heterocycles. The van der Waals surface area contributed by atoms with Crippen LogP contribution in [0.5, 0.6) is 0 Å². The summed E-state index contributed by atoms with van der Waals surface area (Å²) in [6.45, 7) is 1.81. The minimum absolute atomic E-state index is 0.178. The zero-order chi connectivity index (χ0) is 15.0. The monoisotopic (exact) mass is 304 g/mol. The average Bonchev–Trinajstić information content (AvgIpc) is 3.07. The zero-order valence-electron chi connectivity index (χ0n) is 11.2. The Morgan fingerprint density at radius 1 is 1.38 bits per heavy atom. The highest BCUT2D eigenvalue weighted by Crippen LogP contribution is 2.35. The van der Waals surface area contributed by atoms with Crippen LogP contribution in [0.3, 0.4) is 0 Å². The van der Waals surface area contributed by atoms with Gasteiger partial charge in [0.2, 0.25) is 0 Å². The Hall–Kier alpha value is -2.34. The van der Waals surface area contributed by atoms with Crippen LogP contribution in [-0.2, 0) is 0 Å². The lowest BCUT2D eigenvalue weighted by Gasteiger charge is -2.10. The number of nitrogens with one attached hydrogen (secondary N) is 1. The summed E-state index contributed by atoms with van der Waals surface area (Å²) in [5.74, 6) is -0.106. The van der Waals surface area contributed by atoms with Gasteiger partial charge in [-0.05, 0) is 31.2 Å². The van der Waals surface area contributed by atoms with E-state index in [0.717, 1.165) is 0 Å². The van der Waals surface area contributed by atoms with Crippen LogP contribution in [0.15, 0.2) is 41.0 Å². The summed E-state index contributed by atoms with van der Waals surface area (Å²) >= 11 is 1.18. The Morgan fingerprint density at radius 2 is 2.19 bits per heavy atom. The first-order valence-corrected chi connectivity index (χ1v) is 7.20. The fraction of sp³-hybridized carbons (Fsp3) is 0.133. The van der Waals surface area contributed by atoms with Gasteiger partial charge in [-0.3, -0.25) is 4.79 Å². The second kappa shape index (κ2) is 5.21. The third kappa shape index (κ3) is 2.38. The van der Waals surface area contributed by atoms with Crippen molar-refractivity contribution in [3.63, 3.8) is 0 Å². The van der Waals surface area contributed by atoms with Crippen molar-refractivity contribution in [3.8, 4) is 0 Å². The van der Waals surface area contributed by atoms with Crippen LogP contribution < -0.4 is 11.1 Å². The molecule has 1 atom stereocenters. The molecule has 3 N–H and O–H groups in total. The number of amides is 1. The van der Waals surface area contributed by atoms with Gasteiger partial charge in [0.25, 0.3) is 5.91 Å². The van der Waals surface area contributed by atoms with Crippen molar-refractivity contribution in [3.05, 3.63) is 53.0 Å². The van der Waals surface area contributed by atoms with Gasteiger partial charge in [0.05, 0.1) is 23.4 Å². The SMILES string of the molecule is CC(NC(=O)c1sc2cccc(F)c2c1N)c1ccco1. The Bertz CT molecular complexity index is 795. The van der Waals surface area contributed by atoms with Crippen LogP contribution >= 0.6 is 11.3 Å². The van der Waals surface area contributed by atoms with Gasteiger partial charge < -0.3 is 15.5 Å². The molecule has 0 aliphatic rings. The van der Waals surface area contributed by atoms with E-state index in [1.165, 1.54) is 17.4 Å². The van der Waals surface area contributed by atoms with Gasteiger partial charge in [-0.2, -0.15) is 0 Å². The molecule has 0 fully saturated rings. The van der Waals surface area contributed by atoms with Crippen molar-refractivity contribution in [2.45, 2.75) is 13.0 Å². The molecule has 1 amide bonds. The molecule has 2 aromatic heterocycles. The van der Waals surface area contributed by atoms with Gasteiger partial charge in [0.1, 0.15) is 16.5 Å². The number of halogens is 1. The zero-order valence-corrected chi connectivity index (χ0v) is 12.0. The molecule has 0 bridgehead atoms. The number of fused-ring (bicyclic) bond motifs is 1. The number of nitrogens with two attached hydrogens (primary N) is 1. The number of anilines is 1. The van der Waals surface area contributed by atoms with Crippen molar-refractivity contribution in [2.75, 3.05) is 5.73 Å². The van der Waals surface area contributed by atoms with E-state index < -0.39 is 5.82 Å². The van der Waals surface area contributed by atoms with E-state index >= 15 is 0 Å². The van der Waals surface area contributed by atoms with E-state index in [2.05, 4.69) is 5.32 Å². The predicted octanol–water partition coefficient (Wildman–Crippen LogP) is 3.71. The fourth-order valence-electron chi connectivity index (χ4n) is 2.17. The van der Waals surface area contributed by atoms with Crippen LogP contribution in [0, 0.1) is 5.82 Å². The molecule has 4 nitrogen and oxygen atoms in total. The summed E-state index contributed by atoms with van der Waals surface area (Å²) in [6, 6.07) is 7.91. The fourth-order valence-corrected chi connectivity index (χ4v) is 3.21. The summed E-state index contributed by atoms with van der Waals surface area (Å²) in [7, 11) is 0. The largest absolute Gasteiger partial charge is 0.467 e. The molecule has 2 heterocycles. The number of carbonyl (C=O) groups excluding carboxylic acids is 1. The second-order valence-corrected chi connectivity index (χ2v) is 5.72. The number of rotatable bonds is 3. The standard InChI is InChI=1S/C15H13FN2O2S/c1-8(10-5-3-7-20-10)18-15(19)14-13(17)12-9(16)4-2-6-11(12)21-14/h2-8H,17H2,1H3,(H,18,19). The minimum atomic E-state index is -0.417. The smallest absolute Gasteiger partial charge is 0.264 e. The summed E-state index contributed by atoms with van der Waals surface area (Å²) in [5.41, 5.74) is 6.10. The normalized spacial score (nSPS) is 12.5. The minimum Gasteiger partial charge on any atom is -0.467 e. The van der Waals surface area contributed by atoms with Crippen molar-refractivity contribution in [2.24, 2.45) is 0 Å². The van der Waals surface area contributed by atoms with Crippen LogP contribution in [0.1, 0.15) is 28.4 Å². The van der Waals surface area contributed by atoms with Crippen LogP contribution in [-0.4, -0.2) is 5.91 Å². The van der Waals surface area contributed by atoms with E-state index in [1.54, 1.807) is 37.5 Å². The molecule has 0 saturated carbocycles. The summed E-state index contributed by atoms with van der Waals surface area (Å²) in [6.07, 6.45) is 1.54. The summed E-state index contributed by atoms with van der Waals surface area (Å²) in [4.78, 5) is 12.6. The number of benzene rings is 1. The second-order valence-electron chi connectivity index (χ2n) is 4.67. The lowest BCUT2D eigenvalue weighted by atomic mass is 10.2. The Morgan fingerprint density at radius 3 is 2.86 bits per heavy atom. The van der Waals surface area contributed by atoms with Crippen LogP contribution in [0.25, 0.3) is 10.1 Å². The van der Waals surface area contributed by atoms with E-state index in [1.807, 2.05) is 0 Å². The Labute approximate surface area is 124 Å². The molecule has 1 unspecified atom stereocenters. The maximum Gasteiger partial charge on any atom is 0.264 e. The van der Waals surface area contributed by atoms with Gasteiger partial charge in [-0.25, -0.2) is 4.39 Å². The maximum atomic E-state index is 13.8. The van der Waals surface area contributed by atoms with E-state index in [0.29, 0.717) is 20.7 Å². The number of hydrogen-bond donors (Lipinski definition) is 2. The third-order valence-electron chi connectivity index (χ3n) is 3.23. The topological polar surface area (TPSA) is 68.3 Å². The third-order valence-corrected chi connectivity index (χ3v) is 4.39. The average molecular weight is 304 g/mol. The molecule has 1 aromatic carbocycles. The van der Waals surface area contributed by atoms with Crippen molar-refractivity contribution >= 4 is 33.0 Å². The molecule has 0 spiro atoms. The maximum absolute atomic E-state index is 13.8. The number of nitrogen functional groups attached to an aromatic ring is 1. The Balaban J connectivity index is 1.92. The van der Waals surface area contributed by atoms with Gasteiger partial charge in [-0.15, -0.1) is 11.3 Å². The molecule has 0 aliphatic carbocycles. The van der Waals surface area contributed by atoms with Gasteiger partial charge in [0, 0.05) is 4.70 Å². The molecule has 108 valence electrons. The number of thiophene rings is 1. The highest BCUT2D eigenvalue weighted by atomic mass is 32.1. The Kier molecular flexibility index (Phi) is 3.39. The first kappa shape index (κ1) is 13.6. The number of hydrogen-bond acceptors (Lipinski definition) is 4. The van der Waals surface area contributed by atoms with Crippen molar-refractivity contribution in [1.82, 2.24) is 5.32 Å².